The van der Waals surface area contributed by atoms with Gasteiger partial charge in [0.1, 0.15) is 18.0 Å². The lowest BCUT2D eigenvalue weighted by atomic mass is 10.1. The number of ether oxygens (including phenoxy) is 1. The van der Waals surface area contributed by atoms with E-state index in [-0.39, 0.29) is 5.91 Å². The Morgan fingerprint density at radius 1 is 1.28 bits per heavy atom. The van der Waals surface area contributed by atoms with Crippen LogP contribution >= 0.6 is 0 Å². The summed E-state index contributed by atoms with van der Waals surface area (Å²) in [6, 6.07) is 11.1. The lowest BCUT2D eigenvalue weighted by Crippen LogP contribution is -2.53. The van der Waals surface area contributed by atoms with Crippen molar-refractivity contribution in [1.82, 2.24) is 14.3 Å². The van der Waals surface area contributed by atoms with Crippen LogP contribution in [0.3, 0.4) is 0 Å². The van der Waals surface area contributed by atoms with Gasteiger partial charge in [-0.25, -0.2) is 4.98 Å². The molecule has 0 spiro atoms. The van der Waals surface area contributed by atoms with Crippen LogP contribution in [0, 0.1) is 6.92 Å². The average Bonchev–Trinajstić information content (AvgIpc) is 2.99. The standard InChI is InChI=1S/C19H19N3O3/c1-13-5-6-18-20-15(9-21(18)8-13)12-25-17-4-2-3-14(7-17)19(24)22-10-16(23)11-22/h2-9,16,23H,10-12H2,1H3. The van der Waals surface area contributed by atoms with Crippen LogP contribution in [0.5, 0.6) is 5.75 Å². The summed E-state index contributed by atoms with van der Waals surface area (Å²) < 4.78 is 7.77. The summed E-state index contributed by atoms with van der Waals surface area (Å²) in [5.74, 6) is 0.541. The Morgan fingerprint density at radius 3 is 2.92 bits per heavy atom. The van der Waals surface area contributed by atoms with Crippen LogP contribution in [-0.4, -0.2) is 44.5 Å². The molecule has 6 nitrogen and oxygen atoms in total. The number of pyridine rings is 1. The van der Waals surface area contributed by atoms with Gasteiger partial charge in [-0.2, -0.15) is 0 Å². The van der Waals surface area contributed by atoms with Crippen molar-refractivity contribution in [2.75, 3.05) is 13.1 Å². The fourth-order valence-corrected chi connectivity index (χ4v) is 2.91. The molecule has 25 heavy (non-hydrogen) atoms. The molecule has 1 N–H and O–H groups in total. The van der Waals surface area contributed by atoms with Crippen LogP contribution in [0.2, 0.25) is 0 Å². The number of rotatable bonds is 4. The molecule has 0 bridgehead atoms. The Bertz CT molecular complexity index is 929. The van der Waals surface area contributed by atoms with Crippen LogP contribution in [-0.2, 0) is 6.61 Å². The molecule has 6 heteroatoms. The van der Waals surface area contributed by atoms with E-state index in [4.69, 9.17) is 4.74 Å². The largest absolute Gasteiger partial charge is 0.487 e. The molecule has 4 rings (SSSR count). The summed E-state index contributed by atoms with van der Waals surface area (Å²) in [7, 11) is 0. The number of aromatic nitrogens is 2. The first-order valence-corrected chi connectivity index (χ1v) is 8.23. The van der Waals surface area contributed by atoms with Crippen molar-refractivity contribution in [2.45, 2.75) is 19.6 Å². The van der Waals surface area contributed by atoms with E-state index in [1.807, 2.05) is 41.9 Å². The number of benzene rings is 1. The summed E-state index contributed by atoms with van der Waals surface area (Å²) >= 11 is 0. The van der Waals surface area contributed by atoms with E-state index < -0.39 is 6.10 Å². The minimum absolute atomic E-state index is 0.0843. The lowest BCUT2D eigenvalue weighted by molar-refractivity contribution is 0.00587. The molecule has 2 aromatic heterocycles. The number of aliphatic hydroxyl groups is 1. The zero-order valence-corrected chi connectivity index (χ0v) is 13.9. The van der Waals surface area contributed by atoms with Gasteiger partial charge in [-0.15, -0.1) is 0 Å². The number of β-amino-alcohol motifs (C(OH)–C–C–N with tert-alkyl or cyclic N) is 1. The molecule has 128 valence electrons. The molecule has 1 fully saturated rings. The Labute approximate surface area is 145 Å². The molecule has 3 heterocycles. The molecule has 1 aliphatic rings. The van der Waals surface area contributed by atoms with Crippen molar-refractivity contribution in [2.24, 2.45) is 0 Å². The van der Waals surface area contributed by atoms with Gasteiger partial charge in [-0.05, 0) is 36.8 Å². The molecule has 0 aliphatic carbocycles. The van der Waals surface area contributed by atoms with Crippen molar-refractivity contribution >= 4 is 11.6 Å². The average molecular weight is 337 g/mol. The van der Waals surface area contributed by atoms with Gasteiger partial charge in [0.25, 0.3) is 5.91 Å². The lowest BCUT2D eigenvalue weighted by Gasteiger charge is -2.35. The first-order valence-electron chi connectivity index (χ1n) is 8.23. The smallest absolute Gasteiger partial charge is 0.254 e. The number of nitrogens with zero attached hydrogens (tertiary/aromatic N) is 3. The first kappa shape index (κ1) is 15.7. The Kier molecular flexibility index (Phi) is 3.89. The number of carbonyl (C=O) groups excluding carboxylic acids is 1. The summed E-state index contributed by atoms with van der Waals surface area (Å²) in [5.41, 5.74) is 3.44. The Hall–Kier alpha value is -2.86. The van der Waals surface area contributed by atoms with Crippen molar-refractivity contribution in [3.63, 3.8) is 0 Å². The monoisotopic (exact) mass is 337 g/mol. The summed E-state index contributed by atoms with van der Waals surface area (Å²) in [6.45, 7) is 3.16. The molecule has 0 radical (unpaired) electrons. The fraction of sp³-hybridized carbons (Fsp3) is 0.263. The number of aliphatic hydroxyl groups excluding tert-OH is 1. The molecule has 0 atom stereocenters. The Morgan fingerprint density at radius 2 is 2.12 bits per heavy atom. The molecule has 3 aromatic rings. The van der Waals surface area contributed by atoms with Gasteiger partial charge < -0.3 is 19.1 Å². The van der Waals surface area contributed by atoms with E-state index in [0.29, 0.717) is 31.0 Å². The zero-order chi connectivity index (χ0) is 17.4. The minimum atomic E-state index is -0.401. The highest BCUT2D eigenvalue weighted by molar-refractivity contribution is 5.95. The fourth-order valence-electron chi connectivity index (χ4n) is 2.91. The van der Waals surface area contributed by atoms with Crippen LogP contribution in [0.25, 0.3) is 5.65 Å². The molecular weight excluding hydrogens is 318 g/mol. The number of hydrogen-bond donors (Lipinski definition) is 1. The second-order valence-corrected chi connectivity index (χ2v) is 6.38. The molecule has 0 unspecified atom stereocenters. The predicted molar refractivity (Wildman–Crippen MR) is 92.6 cm³/mol. The van der Waals surface area contributed by atoms with Crippen molar-refractivity contribution in [3.8, 4) is 5.75 Å². The topological polar surface area (TPSA) is 67.1 Å². The summed E-state index contributed by atoms with van der Waals surface area (Å²) in [6.07, 6.45) is 3.56. The van der Waals surface area contributed by atoms with Crippen LogP contribution < -0.4 is 4.74 Å². The SMILES string of the molecule is Cc1ccc2nc(COc3cccc(C(=O)N4CC(O)C4)c3)cn2c1. The number of likely N-dealkylation sites (tertiary alicyclic amines) is 1. The molecule has 1 amide bonds. The second-order valence-electron chi connectivity index (χ2n) is 6.38. The molecule has 1 aliphatic heterocycles. The van der Waals surface area contributed by atoms with Gasteiger partial charge in [-0.1, -0.05) is 12.1 Å². The molecule has 1 aromatic carbocycles. The maximum atomic E-state index is 12.3. The number of carbonyl (C=O) groups is 1. The zero-order valence-electron chi connectivity index (χ0n) is 13.9. The van der Waals surface area contributed by atoms with Crippen LogP contribution in [0.1, 0.15) is 21.6 Å². The molecule has 0 saturated carbocycles. The van der Waals surface area contributed by atoms with E-state index >= 15 is 0 Å². The van der Waals surface area contributed by atoms with Crippen LogP contribution in [0.15, 0.2) is 48.8 Å². The third-order valence-electron chi connectivity index (χ3n) is 4.27. The van der Waals surface area contributed by atoms with Gasteiger partial charge >= 0.3 is 0 Å². The van der Waals surface area contributed by atoms with Crippen LogP contribution in [0.4, 0.5) is 0 Å². The molecule has 1 saturated heterocycles. The van der Waals surface area contributed by atoms with Crippen molar-refractivity contribution < 1.29 is 14.6 Å². The normalized spacial score (nSPS) is 14.6. The summed E-state index contributed by atoms with van der Waals surface area (Å²) in [4.78, 5) is 18.4. The maximum Gasteiger partial charge on any atom is 0.254 e. The van der Waals surface area contributed by atoms with Gasteiger partial charge in [0, 0.05) is 31.0 Å². The number of amides is 1. The number of fused-ring (bicyclic) bond motifs is 1. The van der Waals surface area contributed by atoms with E-state index in [1.165, 1.54) is 5.56 Å². The minimum Gasteiger partial charge on any atom is -0.487 e. The third-order valence-corrected chi connectivity index (χ3v) is 4.27. The van der Waals surface area contributed by atoms with Gasteiger partial charge in [0.2, 0.25) is 0 Å². The first-order chi connectivity index (χ1) is 12.1. The van der Waals surface area contributed by atoms with E-state index in [9.17, 15) is 9.90 Å². The maximum absolute atomic E-state index is 12.3. The Balaban J connectivity index is 1.45. The highest BCUT2D eigenvalue weighted by atomic mass is 16.5. The van der Waals surface area contributed by atoms with Gasteiger partial charge in [-0.3, -0.25) is 4.79 Å². The third kappa shape index (κ3) is 3.21. The highest BCUT2D eigenvalue weighted by Gasteiger charge is 2.29. The van der Waals surface area contributed by atoms with Crippen molar-refractivity contribution in [3.05, 3.63) is 65.6 Å². The van der Waals surface area contributed by atoms with Gasteiger partial charge in [0.05, 0.1) is 11.8 Å². The van der Waals surface area contributed by atoms with E-state index in [2.05, 4.69) is 4.98 Å². The highest BCUT2D eigenvalue weighted by Crippen LogP contribution is 2.19. The predicted octanol–water partition coefficient (Wildman–Crippen LogP) is 2.04. The number of hydrogen-bond acceptors (Lipinski definition) is 4. The summed E-state index contributed by atoms with van der Waals surface area (Å²) in [5, 5.41) is 9.33. The van der Waals surface area contributed by atoms with E-state index in [1.54, 1.807) is 23.1 Å². The quantitative estimate of drug-likeness (QED) is 0.791. The molecular formula is C19H19N3O3. The van der Waals surface area contributed by atoms with Crippen molar-refractivity contribution in [1.29, 1.82) is 0 Å². The second kappa shape index (κ2) is 6.22. The number of imidazole rings is 1. The van der Waals surface area contributed by atoms with Gasteiger partial charge in [0.15, 0.2) is 0 Å². The number of aryl methyl sites for hydroxylation is 1. The van der Waals surface area contributed by atoms with E-state index in [0.717, 1.165) is 11.3 Å².